The van der Waals surface area contributed by atoms with Crippen molar-refractivity contribution in [1.29, 1.82) is 0 Å². The molecular weight excluding hydrogens is 248 g/mol. The van der Waals surface area contributed by atoms with Crippen LogP contribution in [0, 0.1) is 5.41 Å². The van der Waals surface area contributed by atoms with E-state index in [1.54, 1.807) is 0 Å². The van der Waals surface area contributed by atoms with Gasteiger partial charge < -0.3 is 10.6 Å². The van der Waals surface area contributed by atoms with Gasteiger partial charge in [0.2, 0.25) is 5.91 Å². The standard InChI is InChI=1S/C17H24N2O/c1-17(9-11-18-12-10-17)16(20)19-15-8-4-6-13-5-2-3-7-14(13)15/h4,6,8,18H,2-3,5,7,9-12H2,1H3,(H,19,20). The first-order valence-electron chi connectivity index (χ1n) is 7.82. The van der Waals surface area contributed by atoms with Crippen LogP contribution in [0.4, 0.5) is 5.69 Å². The molecule has 3 nitrogen and oxygen atoms in total. The highest BCUT2D eigenvalue weighted by atomic mass is 16.2. The van der Waals surface area contributed by atoms with Crippen LogP contribution in [0.25, 0.3) is 0 Å². The maximum Gasteiger partial charge on any atom is 0.230 e. The van der Waals surface area contributed by atoms with Gasteiger partial charge in [0.15, 0.2) is 0 Å². The van der Waals surface area contributed by atoms with Gasteiger partial charge in [0.25, 0.3) is 0 Å². The largest absolute Gasteiger partial charge is 0.325 e. The Bertz CT molecular complexity index is 504. The molecule has 0 spiro atoms. The highest BCUT2D eigenvalue weighted by Crippen LogP contribution is 2.32. The second-order valence-corrected chi connectivity index (χ2v) is 6.42. The van der Waals surface area contributed by atoms with Crippen molar-refractivity contribution in [3.8, 4) is 0 Å². The number of benzene rings is 1. The Morgan fingerprint density at radius 1 is 1.20 bits per heavy atom. The van der Waals surface area contributed by atoms with Gasteiger partial charge in [0.1, 0.15) is 0 Å². The van der Waals surface area contributed by atoms with E-state index in [0.29, 0.717) is 0 Å². The summed E-state index contributed by atoms with van der Waals surface area (Å²) in [6, 6.07) is 6.34. The zero-order valence-electron chi connectivity index (χ0n) is 12.3. The third-order valence-electron chi connectivity index (χ3n) is 4.90. The molecule has 20 heavy (non-hydrogen) atoms. The number of carbonyl (C=O) groups is 1. The molecule has 0 radical (unpaired) electrons. The first-order chi connectivity index (χ1) is 9.69. The molecule has 3 rings (SSSR count). The Hall–Kier alpha value is -1.35. The fourth-order valence-electron chi connectivity index (χ4n) is 3.38. The predicted octanol–water partition coefficient (Wildman–Crippen LogP) is 2.89. The number of hydrogen-bond acceptors (Lipinski definition) is 2. The van der Waals surface area contributed by atoms with E-state index in [9.17, 15) is 4.79 Å². The van der Waals surface area contributed by atoms with Crippen molar-refractivity contribution >= 4 is 11.6 Å². The van der Waals surface area contributed by atoms with E-state index in [1.807, 2.05) is 0 Å². The summed E-state index contributed by atoms with van der Waals surface area (Å²) in [4.78, 5) is 12.6. The number of amides is 1. The molecule has 1 aromatic rings. The van der Waals surface area contributed by atoms with Crippen LogP contribution in [-0.2, 0) is 17.6 Å². The number of hydrogen-bond donors (Lipinski definition) is 2. The van der Waals surface area contributed by atoms with Crippen LogP contribution in [0.2, 0.25) is 0 Å². The van der Waals surface area contributed by atoms with Crippen molar-refractivity contribution in [2.75, 3.05) is 18.4 Å². The van der Waals surface area contributed by atoms with E-state index in [-0.39, 0.29) is 11.3 Å². The topological polar surface area (TPSA) is 41.1 Å². The van der Waals surface area contributed by atoms with Gasteiger partial charge in [-0.1, -0.05) is 19.1 Å². The van der Waals surface area contributed by atoms with Gasteiger partial charge in [-0.2, -0.15) is 0 Å². The summed E-state index contributed by atoms with van der Waals surface area (Å²) >= 11 is 0. The molecule has 1 aromatic carbocycles. The van der Waals surface area contributed by atoms with Crippen LogP contribution in [0.1, 0.15) is 43.7 Å². The summed E-state index contributed by atoms with van der Waals surface area (Å²) in [7, 11) is 0. The first kappa shape index (κ1) is 13.6. The number of aryl methyl sites for hydroxylation is 1. The Balaban J connectivity index is 1.79. The van der Waals surface area contributed by atoms with Crippen molar-refractivity contribution in [3.05, 3.63) is 29.3 Å². The quantitative estimate of drug-likeness (QED) is 0.869. The Morgan fingerprint density at radius 3 is 2.75 bits per heavy atom. The van der Waals surface area contributed by atoms with Crippen LogP contribution < -0.4 is 10.6 Å². The van der Waals surface area contributed by atoms with Crippen molar-refractivity contribution < 1.29 is 4.79 Å². The second-order valence-electron chi connectivity index (χ2n) is 6.42. The van der Waals surface area contributed by atoms with Crippen LogP contribution >= 0.6 is 0 Å². The van der Waals surface area contributed by atoms with E-state index >= 15 is 0 Å². The fraction of sp³-hybridized carbons (Fsp3) is 0.588. The molecule has 0 saturated carbocycles. The molecule has 0 unspecified atom stereocenters. The van der Waals surface area contributed by atoms with Gasteiger partial charge in [-0.05, 0) is 68.8 Å². The molecule has 2 aliphatic rings. The number of piperidine rings is 1. The average Bonchev–Trinajstić information content (AvgIpc) is 2.48. The van der Waals surface area contributed by atoms with Gasteiger partial charge in [0, 0.05) is 11.1 Å². The minimum Gasteiger partial charge on any atom is -0.325 e. The van der Waals surface area contributed by atoms with Crippen LogP contribution in [-0.4, -0.2) is 19.0 Å². The van der Waals surface area contributed by atoms with E-state index in [0.717, 1.165) is 44.5 Å². The van der Waals surface area contributed by atoms with Crippen molar-refractivity contribution in [3.63, 3.8) is 0 Å². The van der Waals surface area contributed by atoms with Gasteiger partial charge in [-0.3, -0.25) is 4.79 Å². The molecule has 108 valence electrons. The predicted molar refractivity (Wildman–Crippen MR) is 81.9 cm³/mol. The lowest BCUT2D eigenvalue weighted by Crippen LogP contribution is -2.43. The number of nitrogens with one attached hydrogen (secondary N) is 2. The van der Waals surface area contributed by atoms with E-state index in [4.69, 9.17) is 0 Å². The van der Waals surface area contributed by atoms with Gasteiger partial charge in [-0.15, -0.1) is 0 Å². The summed E-state index contributed by atoms with van der Waals surface area (Å²) in [5.74, 6) is 0.193. The average molecular weight is 272 g/mol. The molecule has 0 aromatic heterocycles. The molecular formula is C17H24N2O. The molecule has 3 heteroatoms. The maximum absolute atomic E-state index is 12.6. The van der Waals surface area contributed by atoms with Crippen molar-refractivity contribution in [1.82, 2.24) is 5.32 Å². The monoisotopic (exact) mass is 272 g/mol. The minimum absolute atomic E-state index is 0.193. The van der Waals surface area contributed by atoms with Gasteiger partial charge in [-0.25, -0.2) is 0 Å². The van der Waals surface area contributed by atoms with Crippen molar-refractivity contribution in [2.45, 2.75) is 45.4 Å². The molecule has 1 aliphatic carbocycles. The SMILES string of the molecule is CC1(C(=O)Nc2cccc3c2CCCC3)CCNCC1. The zero-order valence-corrected chi connectivity index (χ0v) is 12.3. The first-order valence-corrected chi connectivity index (χ1v) is 7.82. The lowest BCUT2D eigenvalue weighted by Gasteiger charge is -2.33. The lowest BCUT2D eigenvalue weighted by molar-refractivity contribution is -0.126. The smallest absolute Gasteiger partial charge is 0.230 e. The van der Waals surface area contributed by atoms with E-state index in [2.05, 4.69) is 35.8 Å². The van der Waals surface area contributed by atoms with E-state index in [1.165, 1.54) is 24.0 Å². The molecule has 1 aliphatic heterocycles. The Labute approximate surface area is 121 Å². The maximum atomic E-state index is 12.6. The molecule has 1 fully saturated rings. The molecule has 1 heterocycles. The summed E-state index contributed by atoms with van der Waals surface area (Å²) in [5.41, 5.74) is 3.61. The third-order valence-corrected chi connectivity index (χ3v) is 4.90. The summed E-state index contributed by atoms with van der Waals surface area (Å²) in [6.07, 6.45) is 6.61. The minimum atomic E-state index is -0.220. The van der Waals surface area contributed by atoms with Crippen molar-refractivity contribution in [2.24, 2.45) is 5.41 Å². The summed E-state index contributed by atoms with van der Waals surface area (Å²) < 4.78 is 0. The van der Waals surface area contributed by atoms with E-state index < -0.39 is 0 Å². The Kier molecular flexibility index (Phi) is 3.79. The van der Waals surface area contributed by atoms with Gasteiger partial charge in [0.05, 0.1) is 0 Å². The normalized spacial score (nSPS) is 21.1. The highest BCUT2D eigenvalue weighted by molar-refractivity contribution is 5.96. The molecule has 0 atom stereocenters. The highest BCUT2D eigenvalue weighted by Gasteiger charge is 2.34. The number of fused-ring (bicyclic) bond motifs is 1. The summed E-state index contributed by atoms with van der Waals surface area (Å²) in [6.45, 7) is 3.98. The molecule has 1 amide bonds. The zero-order chi connectivity index (χ0) is 14.0. The Morgan fingerprint density at radius 2 is 1.95 bits per heavy atom. The van der Waals surface area contributed by atoms with Crippen LogP contribution in [0.15, 0.2) is 18.2 Å². The molecule has 0 bridgehead atoms. The number of anilines is 1. The second kappa shape index (κ2) is 5.57. The summed E-state index contributed by atoms with van der Waals surface area (Å²) in [5, 5.41) is 6.54. The third kappa shape index (κ3) is 2.59. The molecule has 1 saturated heterocycles. The fourth-order valence-corrected chi connectivity index (χ4v) is 3.38. The number of rotatable bonds is 2. The molecule has 2 N–H and O–H groups in total. The van der Waals surface area contributed by atoms with Gasteiger partial charge >= 0.3 is 0 Å². The van der Waals surface area contributed by atoms with Crippen LogP contribution in [0.3, 0.4) is 0 Å². The van der Waals surface area contributed by atoms with Crippen LogP contribution in [0.5, 0.6) is 0 Å². The lowest BCUT2D eigenvalue weighted by atomic mass is 9.80. The number of carbonyl (C=O) groups excluding carboxylic acids is 1.